The number of hydrogen-bond acceptors (Lipinski definition) is 6. The van der Waals surface area contributed by atoms with Crippen LogP contribution in [0.5, 0.6) is 0 Å². The van der Waals surface area contributed by atoms with Gasteiger partial charge in [-0.25, -0.2) is 4.79 Å². The summed E-state index contributed by atoms with van der Waals surface area (Å²) in [6, 6.07) is 0. The van der Waals surface area contributed by atoms with E-state index in [0.717, 1.165) is 57.8 Å². The number of nitrogens with one attached hydrogen (secondary N) is 2. The van der Waals surface area contributed by atoms with E-state index < -0.39 is 17.1 Å². The summed E-state index contributed by atoms with van der Waals surface area (Å²) in [6.07, 6.45) is 10.7. The van der Waals surface area contributed by atoms with Gasteiger partial charge in [-0.2, -0.15) is 0 Å². The van der Waals surface area contributed by atoms with Crippen molar-refractivity contribution >= 4 is 23.8 Å². The predicted octanol–water partition coefficient (Wildman–Crippen LogP) is 7.54. The van der Waals surface area contributed by atoms with Crippen molar-refractivity contribution in [3.8, 4) is 0 Å². The molecule has 8 heteroatoms. The zero-order valence-electron chi connectivity index (χ0n) is 30.9. The molecule has 8 nitrogen and oxygen atoms in total. The van der Waals surface area contributed by atoms with E-state index in [-0.39, 0.29) is 57.3 Å². The molecule has 2 amide bonds. The van der Waals surface area contributed by atoms with Gasteiger partial charge in [0.2, 0.25) is 5.91 Å². The van der Waals surface area contributed by atoms with Crippen LogP contribution >= 0.6 is 0 Å². The molecule has 0 aliphatic heterocycles. The average molecular weight is 655 g/mol. The average Bonchev–Trinajstić information content (AvgIpc) is 2.93. The molecule has 4 fully saturated rings. The Morgan fingerprint density at radius 1 is 0.851 bits per heavy atom. The van der Waals surface area contributed by atoms with Crippen molar-refractivity contribution in [3.05, 3.63) is 11.6 Å². The monoisotopic (exact) mass is 654 g/mol. The normalized spacial score (nSPS) is 40.8. The SMILES string of the molecule is CC(=O)OC1CC[C@]2(C)[C@H]3C(=O)C=C4C(CC[C@@]5(C)CC[C@](C)(C(=O)NCCCNC(=O)OC(C)(C)C)C[C@@H]45)[C@]3(C)CC[C@H]2C1(C)C. The standard InChI is InChI=1S/C39H62N2O6/c1-24(42)46-30-14-17-39(10)29(35(30,5)6)13-16-38(9)26-12-15-36(7)18-19-37(8,23-27(36)25(26)22-28(43)31(38)39)32(44)40-20-11-21-41-33(45)47-34(2,3)4/h22,26-27,29-31H,11-21,23H2,1-10H3,(H,40,44)(H,41,45)/t26?,27-,29-,30?,31-,36-,37-,38-,39-/m0/s1. The second-order valence-corrected chi connectivity index (χ2v) is 18.6. The van der Waals surface area contributed by atoms with Crippen molar-refractivity contribution in [1.29, 1.82) is 0 Å². The Morgan fingerprint density at radius 2 is 1.51 bits per heavy atom. The topological polar surface area (TPSA) is 111 Å². The molecule has 0 aromatic rings. The molecular formula is C39H62N2O6. The second-order valence-electron chi connectivity index (χ2n) is 18.6. The van der Waals surface area contributed by atoms with E-state index in [1.807, 2.05) is 20.8 Å². The summed E-state index contributed by atoms with van der Waals surface area (Å²) >= 11 is 0. The van der Waals surface area contributed by atoms with Crippen LogP contribution < -0.4 is 10.6 Å². The molecule has 0 aromatic carbocycles. The lowest BCUT2D eigenvalue weighted by Crippen LogP contribution is -2.64. The molecular weight excluding hydrogens is 592 g/mol. The summed E-state index contributed by atoms with van der Waals surface area (Å²) in [5, 5.41) is 5.93. The van der Waals surface area contributed by atoms with E-state index in [0.29, 0.717) is 31.3 Å². The maximum Gasteiger partial charge on any atom is 0.407 e. The molecule has 2 unspecified atom stereocenters. The van der Waals surface area contributed by atoms with Crippen LogP contribution in [-0.4, -0.2) is 48.5 Å². The van der Waals surface area contributed by atoms with Gasteiger partial charge < -0.3 is 20.1 Å². The van der Waals surface area contributed by atoms with Crippen LogP contribution in [0.2, 0.25) is 0 Å². The van der Waals surface area contributed by atoms with E-state index in [1.54, 1.807) is 0 Å². The summed E-state index contributed by atoms with van der Waals surface area (Å²) in [5.41, 5.74) is -0.0974. The van der Waals surface area contributed by atoms with Crippen LogP contribution in [-0.2, 0) is 23.9 Å². The number of ketones is 1. The maximum atomic E-state index is 14.5. The zero-order chi connectivity index (χ0) is 34.8. The molecule has 2 N–H and O–H groups in total. The summed E-state index contributed by atoms with van der Waals surface area (Å²) in [7, 11) is 0. The number of ether oxygens (including phenoxy) is 2. The van der Waals surface area contributed by atoms with Gasteiger partial charge in [0, 0.05) is 36.8 Å². The molecule has 5 aliphatic carbocycles. The van der Waals surface area contributed by atoms with Crippen LogP contribution in [0, 0.1) is 50.7 Å². The summed E-state index contributed by atoms with van der Waals surface area (Å²) in [4.78, 5) is 52.2. The van der Waals surface area contributed by atoms with Gasteiger partial charge >= 0.3 is 12.1 Å². The summed E-state index contributed by atoms with van der Waals surface area (Å²) in [6.45, 7) is 21.7. The molecule has 47 heavy (non-hydrogen) atoms. The fourth-order valence-corrected chi connectivity index (χ4v) is 11.5. The van der Waals surface area contributed by atoms with Gasteiger partial charge in [-0.15, -0.1) is 0 Å². The Hall–Kier alpha value is -2.38. The van der Waals surface area contributed by atoms with Crippen molar-refractivity contribution in [2.75, 3.05) is 13.1 Å². The number of allylic oxidation sites excluding steroid dienone is 2. The van der Waals surface area contributed by atoms with Gasteiger partial charge in [0.05, 0.1) is 0 Å². The number of alkyl carbamates (subject to hydrolysis) is 1. The van der Waals surface area contributed by atoms with E-state index in [2.05, 4.69) is 58.3 Å². The highest BCUT2D eigenvalue weighted by atomic mass is 16.6. The number of carbonyl (C=O) groups is 4. The molecule has 0 heterocycles. The second kappa shape index (κ2) is 12.2. The first-order valence-corrected chi connectivity index (χ1v) is 18.3. The lowest BCUT2D eigenvalue weighted by molar-refractivity contribution is -0.200. The third kappa shape index (κ3) is 6.40. The Kier molecular flexibility index (Phi) is 9.32. The minimum atomic E-state index is -0.544. The van der Waals surface area contributed by atoms with E-state index in [4.69, 9.17) is 9.47 Å². The first kappa shape index (κ1) is 35.9. The van der Waals surface area contributed by atoms with Crippen molar-refractivity contribution < 1.29 is 28.7 Å². The Bertz CT molecular complexity index is 1310. The van der Waals surface area contributed by atoms with E-state index in [1.165, 1.54) is 12.5 Å². The van der Waals surface area contributed by atoms with Crippen LogP contribution in [0.25, 0.3) is 0 Å². The van der Waals surface area contributed by atoms with Crippen LogP contribution in [0.15, 0.2) is 11.6 Å². The van der Waals surface area contributed by atoms with Crippen molar-refractivity contribution in [3.63, 3.8) is 0 Å². The molecule has 0 aromatic heterocycles. The molecule has 5 rings (SSSR count). The zero-order valence-corrected chi connectivity index (χ0v) is 30.9. The fourth-order valence-electron chi connectivity index (χ4n) is 11.5. The van der Waals surface area contributed by atoms with Gasteiger partial charge in [-0.05, 0) is 125 Å². The highest BCUT2D eigenvalue weighted by Gasteiger charge is 2.67. The number of fused-ring (bicyclic) bond motifs is 7. The lowest BCUT2D eigenvalue weighted by Gasteiger charge is -2.67. The molecule has 264 valence electrons. The smallest absolute Gasteiger partial charge is 0.407 e. The largest absolute Gasteiger partial charge is 0.462 e. The van der Waals surface area contributed by atoms with Crippen molar-refractivity contribution in [2.45, 2.75) is 145 Å². The highest BCUT2D eigenvalue weighted by Crippen LogP contribution is 2.71. The Morgan fingerprint density at radius 3 is 2.17 bits per heavy atom. The van der Waals surface area contributed by atoms with E-state index >= 15 is 0 Å². The van der Waals surface area contributed by atoms with Gasteiger partial charge in [0.15, 0.2) is 5.78 Å². The number of rotatable bonds is 6. The molecule has 9 atom stereocenters. The minimum Gasteiger partial charge on any atom is -0.462 e. The van der Waals surface area contributed by atoms with Crippen molar-refractivity contribution in [1.82, 2.24) is 10.6 Å². The number of esters is 1. The minimum absolute atomic E-state index is 0.0445. The third-order valence-corrected chi connectivity index (χ3v) is 13.9. The highest BCUT2D eigenvalue weighted by molar-refractivity contribution is 5.95. The fraction of sp³-hybridized carbons (Fsp3) is 0.846. The number of carbonyl (C=O) groups excluding carboxylic acids is 4. The first-order chi connectivity index (χ1) is 21.7. The number of hydrogen-bond donors (Lipinski definition) is 2. The van der Waals surface area contributed by atoms with Crippen LogP contribution in [0.3, 0.4) is 0 Å². The van der Waals surface area contributed by atoms with Gasteiger partial charge in [-0.3, -0.25) is 14.4 Å². The molecule has 0 radical (unpaired) electrons. The summed E-state index contributed by atoms with van der Waals surface area (Å²) < 4.78 is 11.2. The molecule has 4 saturated carbocycles. The predicted molar refractivity (Wildman–Crippen MR) is 182 cm³/mol. The van der Waals surface area contributed by atoms with Gasteiger partial charge in [0.25, 0.3) is 0 Å². The molecule has 0 bridgehead atoms. The lowest BCUT2D eigenvalue weighted by atomic mass is 9.37. The Balaban J connectivity index is 1.31. The number of amides is 2. The third-order valence-electron chi connectivity index (χ3n) is 13.9. The van der Waals surface area contributed by atoms with Gasteiger partial charge in [0.1, 0.15) is 11.7 Å². The van der Waals surface area contributed by atoms with Crippen LogP contribution in [0.4, 0.5) is 4.79 Å². The molecule has 0 spiro atoms. The van der Waals surface area contributed by atoms with Gasteiger partial charge in [-0.1, -0.05) is 47.1 Å². The quantitative estimate of drug-likeness (QED) is 0.226. The Labute approximate surface area is 283 Å². The first-order valence-electron chi connectivity index (χ1n) is 18.3. The molecule has 5 aliphatic rings. The summed E-state index contributed by atoms with van der Waals surface area (Å²) in [5.74, 6) is 0.957. The van der Waals surface area contributed by atoms with E-state index in [9.17, 15) is 19.2 Å². The molecule has 0 saturated heterocycles. The van der Waals surface area contributed by atoms with Crippen LogP contribution in [0.1, 0.15) is 133 Å². The maximum absolute atomic E-state index is 14.5. The van der Waals surface area contributed by atoms with Crippen molar-refractivity contribution in [2.24, 2.45) is 50.7 Å².